The molecule has 2 aromatic carbocycles. The number of rotatable bonds is 8. The third kappa shape index (κ3) is 5.55. The first-order chi connectivity index (χ1) is 15.5. The number of methoxy groups -OCH3 is 2. The summed E-state index contributed by atoms with van der Waals surface area (Å²) in [6.45, 7) is -0.202. The molecule has 3 rings (SSSR count). The van der Waals surface area contributed by atoms with Gasteiger partial charge in [-0.25, -0.2) is 4.79 Å². The molecular weight excluding hydrogens is 438 g/mol. The lowest BCUT2D eigenvalue weighted by Gasteiger charge is -2.07. The highest BCUT2D eigenvalue weighted by atomic mass is 32.2. The largest absolute Gasteiger partial charge is 0.493 e. The number of thioether (sulfide) groups is 1. The van der Waals surface area contributed by atoms with Gasteiger partial charge in [0.2, 0.25) is 5.89 Å². The standard InChI is InChI=1S/C21H17N3O7S/c1-28-17-10-9-14(13-18(17)29-2)19-22-23-21(31-19)32-12-6-5-11-30-20(25)15-7-3-4-8-16(15)24(26)27/h3-4,7-10,13H,11-12H2,1-2H3. The molecule has 1 heterocycles. The van der Waals surface area contributed by atoms with Crippen LogP contribution in [0.25, 0.3) is 11.5 Å². The van der Waals surface area contributed by atoms with Crippen LogP contribution in [0.2, 0.25) is 0 Å². The monoisotopic (exact) mass is 455 g/mol. The molecule has 11 heteroatoms. The van der Waals surface area contributed by atoms with E-state index in [2.05, 4.69) is 22.0 Å². The van der Waals surface area contributed by atoms with Gasteiger partial charge in [0.25, 0.3) is 10.9 Å². The molecule has 0 saturated carbocycles. The quantitative estimate of drug-likeness (QED) is 0.163. The van der Waals surface area contributed by atoms with Gasteiger partial charge in [-0.2, -0.15) is 0 Å². The Morgan fingerprint density at radius 3 is 2.66 bits per heavy atom. The number of hydrogen-bond acceptors (Lipinski definition) is 10. The Morgan fingerprint density at radius 2 is 1.91 bits per heavy atom. The number of esters is 1. The lowest BCUT2D eigenvalue weighted by molar-refractivity contribution is -0.385. The number of nitro benzene ring substituents is 1. The summed E-state index contributed by atoms with van der Waals surface area (Å²) in [6, 6.07) is 10.8. The maximum atomic E-state index is 12.0. The second kappa shape index (κ2) is 10.8. The van der Waals surface area contributed by atoms with Crippen LogP contribution in [0.5, 0.6) is 11.5 Å². The molecule has 164 valence electrons. The van der Waals surface area contributed by atoms with E-state index < -0.39 is 10.9 Å². The number of carbonyl (C=O) groups is 1. The van der Waals surface area contributed by atoms with Gasteiger partial charge in [-0.3, -0.25) is 10.1 Å². The Bertz CT molecular complexity index is 1180. The van der Waals surface area contributed by atoms with Crippen LogP contribution in [0.15, 0.2) is 52.1 Å². The van der Waals surface area contributed by atoms with E-state index in [-0.39, 0.29) is 17.9 Å². The molecule has 0 N–H and O–H groups in total. The zero-order valence-electron chi connectivity index (χ0n) is 17.1. The van der Waals surface area contributed by atoms with Crippen molar-refractivity contribution in [3.63, 3.8) is 0 Å². The SMILES string of the molecule is COc1ccc(-c2nnc(SCC#CCOC(=O)c3ccccc3[N+](=O)[O-])o2)cc1OC. The molecule has 0 atom stereocenters. The third-order valence-corrected chi connectivity index (χ3v) is 4.73. The van der Waals surface area contributed by atoms with Gasteiger partial charge in [0, 0.05) is 11.6 Å². The number of benzene rings is 2. The molecule has 0 radical (unpaired) electrons. The maximum absolute atomic E-state index is 12.0. The fourth-order valence-electron chi connectivity index (χ4n) is 2.54. The third-order valence-electron chi connectivity index (χ3n) is 4.03. The number of nitrogens with zero attached hydrogens (tertiary/aromatic N) is 3. The zero-order chi connectivity index (χ0) is 22.9. The second-order valence-electron chi connectivity index (χ2n) is 5.94. The van der Waals surface area contributed by atoms with Gasteiger partial charge in [-0.15, -0.1) is 10.2 Å². The molecule has 0 aliphatic carbocycles. The summed E-state index contributed by atoms with van der Waals surface area (Å²) in [5.41, 5.74) is 0.236. The predicted octanol–water partition coefficient (Wildman–Crippen LogP) is 3.61. The molecule has 0 aliphatic heterocycles. The molecule has 3 aromatic rings. The molecule has 10 nitrogen and oxygen atoms in total. The first kappa shape index (κ1) is 22.6. The number of nitro groups is 1. The highest BCUT2D eigenvalue weighted by molar-refractivity contribution is 7.99. The van der Waals surface area contributed by atoms with Crippen molar-refractivity contribution in [2.75, 3.05) is 26.6 Å². The number of aromatic nitrogens is 2. The molecule has 0 amide bonds. The molecule has 0 aliphatic rings. The van der Waals surface area contributed by atoms with Crippen LogP contribution in [-0.4, -0.2) is 47.7 Å². The summed E-state index contributed by atoms with van der Waals surface area (Å²) in [7, 11) is 3.08. The lowest BCUT2D eigenvalue weighted by Crippen LogP contribution is -2.08. The van der Waals surface area contributed by atoms with Gasteiger partial charge in [0.05, 0.1) is 24.9 Å². The topological polar surface area (TPSA) is 127 Å². The molecule has 1 aromatic heterocycles. The van der Waals surface area contributed by atoms with Crippen LogP contribution < -0.4 is 9.47 Å². The number of ether oxygens (including phenoxy) is 3. The van der Waals surface area contributed by atoms with Crippen LogP contribution >= 0.6 is 11.8 Å². The van der Waals surface area contributed by atoms with E-state index >= 15 is 0 Å². The van der Waals surface area contributed by atoms with Crippen molar-refractivity contribution in [2.45, 2.75) is 5.22 Å². The number of para-hydroxylation sites is 1. The van der Waals surface area contributed by atoms with Gasteiger partial charge >= 0.3 is 5.97 Å². The van der Waals surface area contributed by atoms with Gasteiger partial charge in [-0.05, 0) is 24.3 Å². The summed E-state index contributed by atoms with van der Waals surface area (Å²) < 4.78 is 21.0. The van der Waals surface area contributed by atoms with Crippen molar-refractivity contribution in [3.05, 3.63) is 58.1 Å². The fraction of sp³-hybridized carbons (Fsp3) is 0.190. The minimum absolute atomic E-state index is 0.123. The molecule has 0 saturated heterocycles. The van der Waals surface area contributed by atoms with Crippen LogP contribution in [0.3, 0.4) is 0 Å². The first-order valence-electron chi connectivity index (χ1n) is 9.08. The average Bonchev–Trinajstić information content (AvgIpc) is 3.29. The second-order valence-corrected chi connectivity index (χ2v) is 6.86. The van der Waals surface area contributed by atoms with Gasteiger partial charge in [0.15, 0.2) is 18.1 Å². The van der Waals surface area contributed by atoms with E-state index in [9.17, 15) is 14.9 Å². The first-order valence-corrected chi connectivity index (χ1v) is 10.1. The number of hydrogen-bond donors (Lipinski definition) is 0. The Kier molecular flexibility index (Phi) is 7.66. The zero-order valence-corrected chi connectivity index (χ0v) is 17.9. The van der Waals surface area contributed by atoms with Crippen LogP contribution in [0, 0.1) is 22.0 Å². The van der Waals surface area contributed by atoms with E-state index in [0.717, 1.165) is 0 Å². The van der Waals surface area contributed by atoms with Gasteiger partial charge < -0.3 is 18.6 Å². The minimum Gasteiger partial charge on any atom is -0.493 e. The van der Waals surface area contributed by atoms with Crippen LogP contribution in [-0.2, 0) is 4.74 Å². The summed E-state index contributed by atoms with van der Waals surface area (Å²) in [6.07, 6.45) is 0. The minimum atomic E-state index is -0.810. The fourth-order valence-corrected chi connectivity index (χ4v) is 3.07. The lowest BCUT2D eigenvalue weighted by atomic mass is 10.2. The summed E-state index contributed by atoms with van der Waals surface area (Å²) >= 11 is 1.22. The molecule has 32 heavy (non-hydrogen) atoms. The van der Waals surface area contributed by atoms with Crippen molar-refractivity contribution < 1.29 is 28.3 Å². The van der Waals surface area contributed by atoms with E-state index in [1.165, 1.54) is 43.1 Å². The predicted molar refractivity (Wildman–Crippen MR) is 115 cm³/mol. The molecule has 0 unspecified atom stereocenters. The number of carbonyl (C=O) groups excluding carboxylic acids is 1. The van der Waals surface area contributed by atoms with E-state index in [1.54, 1.807) is 25.3 Å². The van der Waals surface area contributed by atoms with Crippen LogP contribution in [0.4, 0.5) is 5.69 Å². The molecule has 0 spiro atoms. The summed E-state index contributed by atoms with van der Waals surface area (Å²) in [4.78, 5) is 22.3. The van der Waals surface area contributed by atoms with Crippen molar-refractivity contribution in [1.82, 2.24) is 10.2 Å². The summed E-state index contributed by atoms with van der Waals surface area (Å²) in [5.74, 6) is 6.42. The van der Waals surface area contributed by atoms with E-state index in [4.69, 9.17) is 18.6 Å². The van der Waals surface area contributed by atoms with Gasteiger partial charge in [-0.1, -0.05) is 35.7 Å². The van der Waals surface area contributed by atoms with E-state index in [1.807, 2.05) is 0 Å². The van der Waals surface area contributed by atoms with Crippen molar-refractivity contribution in [1.29, 1.82) is 0 Å². The normalized spacial score (nSPS) is 10.1. The van der Waals surface area contributed by atoms with Gasteiger partial charge in [0.1, 0.15) is 5.56 Å². The molecule has 0 fully saturated rings. The smallest absolute Gasteiger partial charge is 0.346 e. The highest BCUT2D eigenvalue weighted by Gasteiger charge is 2.20. The Hall–Kier alpha value is -4.04. The van der Waals surface area contributed by atoms with E-state index in [0.29, 0.717) is 33.9 Å². The Labute approximate surface area is 187 Å². The molecule has 0 bridgehead atoms. The van der Waals surface area contributed by atoms with Crippen molar-refractivity contribution >= 4 is 23.4 Å². The summed E-state index contributed by atoms with van der Waals surface area (Å²) in [5, 5.41) is 19.2. The van der Waals surface area contributed by atoms with Crippen LogP contribution in [0.1, 0.15) is 10.4 Å². The highest BCUT2D eigenvalue weighted by Crippen LogP contribution is 2.32. The molecular formula is C21H17N3O7S. The van der Waals surface area contributed by atoms with Crippen molar-refractivity contribution in [2.24, 2.45) is 0 Å². The van der Waals surface area contributed by atoms with Crippen molar-refractivity contribution in [3.8, 4) is 34.8 Å². The maximum Gasteiger partial charge on any atom is 0.346 e. The Morgan fingerprint density at radius 1 is 1.12 bits per heavy atom. The average molecular weight is 455 g/mol. The Balaban J connectivity index is 1.51.